The van der Waals surface area contributed by atoms with Crippen LogP contribution < -0.4 is 5.32 Å². The van der Waals surface area contributed by atoms with Crippen LogP contribution in [0.5, 0.6) is 0 Å². The smallest absolute Gasteiger partial charge is 0.0447 e. The fourth-order valence-corrected chi connectivity index (χ4v) is 3.21. The van der Waals surface area contributed by atoms with Crippen molar-refractivity contribution in [1.29, 1.82) is 0 Å². The minimum Gasteiger partial charge on any atom is -0.305 e. The summed E-state index contributed by atoms with van der Waals surface area (Å²) < 4.78 is 0. The Balaban J connectivity index is 1.60. The van der Waals surface area contributed by atoms with Crippen molar-refractivity contribution in [3.63, 3.8) is 0 Å². The van der Waals surface area contributed by atoms with Crippen molar-refractivity contribution in [2.75, 3.05) is 6.54 Å². The first-order valence-electron chi connectivity index (χ1n) is 7.97. The van der Waals surface area contributed by atoms with Crippen molar-refractivity contribution in [2.45, 2.75) is 32.1 Å². The van der Waals surface area contributed by atoms with Gasteiger partial charge in [-0.1, -0.05) is 67.2 Å². The van der Waals surface area contributed by atoms with Gasteiger partial charge in [-0.25, -0.2) is 0 Å². The monoisotopic (exact) mass is 292 g/mol. The summed E-state index contributed by atoms with van der Waals surface area (Å²) in [6.07, 6.45) is 0. The van der Waals surface area contributed by atoms with Gasteiger partial charge in [-0.3, -0.25) is 4.90 Å². The summed E-state index contributed by atoms with van der Waals surface area (Å²) in [6.45, 7) is 9.44. The number of hydrogen-bond donors (Lipinski definition) is 1. The second-order valence-electron chi connectivity index (χ2n) is 6.13. The average Bonchev–Trinajstić information content (AvgIpc) is 2.81. The Kier molecular flexibility index (Phi) is 4.71. The molecule has 1 fully saturated rings. The van der Waals surface area contributed by atoms with Gasteiger partial charge < -0.3 is 5.32 Å². The van der Waals surface area contributed by atoms with Gasteiger partial charge >= 0.3 is 0 Å². The lowest BCUT2D eigenvalue weighted by Crippen LogP contribution is -2.40. The van der Waals surface area contributed by atoms with Crippen LogP contribution in [-0.4, -0.2) is 23.5 Å². The lowest BCUT2D eigenvalue weighted by Gasteiger charge is -2.25. The lowest BCUT2D eigenvalue weighted by atomic mass is 10.1. The van der Waals surface area contributed by atoms with Crippen LogP contribution >= 0.6 is 0 Å². The molecule has 114 valence electrons. The van der Waals surface area contributed by atoms with E-state index in [2.05, 4.69) is 84.4 Å². The summed E-state index contributed by atoms with van der Waals surface area (Å²) in [5.74, 6) is 0. The zero-order chi connectivity index (χ0) is 15.4. The number of nitrogens with zero attached hydrogens (tertiary/aromatic N) is 1. The minimum absolute atomic E-state index is 0.365. The number of benzene rings is 2. The van der Waals surface area contributed by atoms with Crippen molar-refractivity contribution >= 4 is 0 Å². The van der Waals surface area contributed by atoms with Crippen LogP contribution in [0.15, 0.2) is 72.8 Å². The number of likely N-dealkylation sites (tertiary alicyclic amines) is 1. The Bertz CT molecular complexity index is 606. The van der Waals surface area contributed by atoms with Crippen LogP contribution in [-0.2, 0) is 13.1 Å². The molecule has 0 radical (unpaired) electrons. The Labute approximate surface area is 133 Å². The van der Waals surface area contributed by atoms with Gasteiger partial charge in [-0.2, -0.15) is 0 Å². The first-order chi connectivity index (χ1) is 10.7. The number of nitrogens with one attached hydrogen (secondary N) is 1. The molecule has 0 aliphatic carbocycles. The quantitative estimate of drug-likeness (QED) is 0.847. The highest BCUT2D eigenvalue weighted by atomic mass is 15.2. The molecule has 2 atom stereocenters. The summed E-state index contributed by atoms with van der Waals surface area (Å²) in [6, 6.07) is 22.1. The maximum absolute atomic E-state index is 4.29. The number of hydrogen-bond acceptors (Lipinski definition) is 2. The maximum atomic E-state index is 4.29. The average molecular weight is 292 g/mol. The van der Waals surface area contributed by atoms with E-state index in [0.717, 1.165) is 19.6 Å². The molecule has 1 aliphatic heterocycles. The first kappa shape index (κ1) is 15.0. The summed E-state index contributed by atoms with van der Waals surface area (Å²) in [5.41, 5.74) is 3.98. The van der Waals surface area contributed by atoms with Crippen LogP contribution in [0.25, 0.3) is 0 Å². The van der Waals surface area contributed by atoms with Gasteiger partial charge in [0.1, 0.15) is 0 Å². The van der Waals surface area contributed by atoms with Crippen molar-refractivity contribution in [2.24, 2.45) is 0 Å². The second kappa shape index (κ2) is 6.91. The summed E-state index contributed by atoms with van der Waals surface area (Å²) in [4.78, 5) is 2.50. The second-order valence-corrected chi connectivity index (χ2v) is 6.13. The zero-order valence-electron chi connectivity index (χ0n) is 13.2. The summed E-state index contributed by atoms with van der Waals surface area (Å²) in [7, 11) is 0. The normalized spacial score (nSPS) is 22.1. The third-order valence-electron chi connectivity index (χ3n) is 4.50. The molecule has 1 heterocycles. The predicted molar refractivity (Wildman–Crippen MR) is 92.5 cm³/mol. The molecule has 2 aromatic rings. The molecular formula is C20H24N2. The van der Waals surface area contributed by atoms with Gasteiger partial charge in [0.2, 0.25) is 0 Å². The van der Waals surface area contributed by atoms with Crippen molar-refractivity contribution in [3.05, 3.63) is 83.9 Å². The van der Waals surface area contributed by atoms with Crippen molar-refractivity contribution in [3.8, 4) is 0 Å². The van der Waals surface area contributed by atoms with E-state index in [1.165, 1.54) is 16.7 Å². The van der Waals surface area contributed by atoms with E-state index in [1.807, 2.05) is 0 Å². The third kappa shape index (κ3) is 3.46. The molecule has 2 heteroatoms. The van der Waals surface area contributed by atoms with E-state index in [1.54, 1.807) is 0 Å². The first-order valence-corrected chi connectivity index (χ1v) is 7.97. The van der Waals surface area contributed by atoms with Crippen molar-refractivity contribution < 1.29 is 0 Å². The Morgan fingerprint density at radius 2 is 1.59 bits per heavy atom. The predicted octanol–water partition coefficient (Wildman–Crippen LogP) is 3.61. The Hall–Kier alpha value is -1.90. The van der Waals surface area contributed by atoms with Crippen LogP contribution in [0.4, 0.5) is 0 Å². The van der Waals surface area contributed by atoms with Gasteiger partial charge in [-0.05, 0) is 23.6 Å². The molecule has 1 N–H and O–H groups in total. The molecule has 3 rings (SSSR count). The van der Waals surface area contributed by atoms with Crippen LogP contribution in [0.3, 0.4) is 0 Å². The van der Waals surface area contributed by atoms with E-state index >= 15 is 0 Å². The highest BCUT2D eigenvalue weighted by molar-refractivity contribution is 5.22. The standard InChI is InChI=1S/C20H24N2/c1-16-14-22(15-19-11-7-4-8-12-19)17(2)20(16)21-13-18-9-5-3-6-10-18/h3-12,17,20-21H,1,13-15H2,2H3/t17-,20-/m1/s1. The van der Waals surface area contributed by atoms with Crippen LogP contribution in [0, 0.1) is 0 Å². The molecule has 0 saturated carbocycles. The van der Waals surface area contributed by atoms with Gasteiger partial charge in [0.15, 0.2) is 0 Å². The molecule has 0 bridgehead atoms. The van der Waals surface area contributed by atoms with Crippen LogP contribution in [0.2, 0.25) is 0 Å². The van der Waals surface area contributed by atoms with Gasteiger partial charge in [-0.15, -0.1) is 0 Å². The summed E-state index contributed by atoms with van der Waals surface area (Å²) >= 11 is 0. The third-order valence-corrected chi connectivity index (χ3v) is 4.50. The van der Waals surface area contributed by atoms with Crippen LogP contribution in [0.1, 0.15) is 18.1 Å². The highest BCUT2D eigenvalue weighted by Gasteiger charge is 2.32. The Morgan fingerprint density at radius 1 is 1.00 bits per heavy atom. The zero-order valence-corrected chi connectivity index (χ0v) is 13.2. The van der Waals surface area contributed by atoms with Gasteiger partial charge in [0.25, 0.3) is 0 Å². The van der Waals surface area contributed by atoms with E-state index in [9.17, 15) is 0 Å². The number of rotatable bonds is 5. The molecule has 0 unspecified atom stereocenters. The highest BCUT2D eigenvalue weighted by Crippen LogP contribution is 2.24. The molecular weight excluding hydrogens is 268 g/mol. The molecule has 1 saturated heterocycles. The molecule has 0 amide bonds. The lowest BCUT2D eigenvalue weighted by molar-refractivity contribution is 0.241. The van der Waals surface area contributed by atoms with Gasteiger partial charge in [0, 0.05) is 31.7 Å². The fraction of sp³-hybridized carbons (Fsp3) is 0.300. The molecule has 0 spiro atoms. The SMILES string of the molecule is C=C1CN(Cc2ccccc2)[C@H](C)[C@@H]1NCc1ccccc1. The van der Waals surface area contributed by atoms with Gasteiger partial charge in [0.05, 0.1) is 0 Å². The molecule has 22 heavy (non-hydrogen) atoms. The largest absolute Gasteiger partial charge is 0.305 e. The van der Waals surface area contributed by atoms with E-state index in [0.29, 0.717) is 12.1 Å². The van der Waals surface area contributed by atoms with E-state index < -0.39 is 0 Å². The molecule has 2 aromatic carbocycles. The Morgan fingerprint density at radius 3 is 2.23 bits per heavy atom. The maximum Gasteiger partial charge on any atom is 0.0447 e. The molecule has 2 nitrogen and oxygen atoms in total. The van der Waals surface area contributed by atoms with E-state index in [-0.39, 0.29) is 0 Å². The summed E-state index contributed by atoms with van der Waals surface area (Å²) in [5, 5.41) is 3.67. The van der Waals surface area contributed by atoms with Crippen molar-refractivity contribution in [1.82, 2.24) is 10.2 Å². The molecule has 0 aromatic heterocycles. The fourth-order valence-electron chi connectivity index (χ4n) is 3.21. The van der Waals surface area contributed by atoms with E-state index in [4.69, 9.17) is 0 Å². The topological polar surface area (TPSA) is 15.3 Å². The minimum atomic E-state index is 0.365. The molecule has 1 aliphatic rings.